The quantitative estimate of drug-likeness (QED) is 0.751. The van der Waals surface area contributed by atoms with Gasteiger partial charge in [0.15, 0.2) is 6.61 Å². The van der Waals surface area contributed by atoms with Crippen LogP contribution < -0.4 is 15.4 Å². The zero-order chi connectivity index (χ0) is 16.5. The number of likely N-dealkylation sites (N-methyl/N-ethyl adjacent to an activating group) is 1. The Morgan fingerprint density at radius 1 is 1.30 bits per heavy atom. The van der Waals surface area contributed by atoms with Crippen molar-refractivity contribution in [2.24, 2.45) is 0 Å². The van der Waals surface area contributed by atoms with Crippen molar-refractivity contribution in [2.75, 3.05) is 31.2 Å². The molecule has 1 amide bonds. The molecule has 1 heterocycles. The number of carbonyl (C=O) groups is 1. The number of rotatable bonds is 8. The highest BCUT2D eigenvalue weighted by Gasteiger charge is 2.16. The predicted octanol–water partition coefficient (Wildman–Crippen LogP) is 3.05. The summed E-state index contributed by atoms with van der Waals surface area (Å²) in [7, 11) is 0. The molecule has 1 saturated heterocycles. The van der Waals surface area contributed by atoms with E-state index in [-0.39, 0.29) is 18.6 Å². The lowest BCUT2D eigenvalue weighted by Gasteiger charge is -2.21. The van der Waals surface area contributed by atoms with E-state index in [0.717, 1.165) is 12.3 Å². The summed E-state index contributed by atoms with van der Waals surface area (Å²) in [6.07, 6.45) is 1.30. The summed E-state index contributed by atoms with van der Waals surface area (Å²) in [5, 5.41) is 6.12. The molecular weight excluding hydrogens is 328 g/mol. The number of benzene rings is 1. The summed E-state index contributed by atoms with van der Waals surface area (Å²) in [6.45, 7) is 5.67. The first-order chi connectivity index (χ1) is 11.2. The largest absolute Gasteiger partial charge is 0.484 e. The van der Waals surface area contributed by atoms with Gasteiger partial charge in [-0.15, -0.1) is 23.5 Å². The zero-order valence-corrected chi connectivity index (χ0v) is 15.5. The normalized spacial score (nSPS) is 16.8. The van der Waals surface area contributed by atoms with E-state index in [1.54, 1.807) is 0 Å². The molecule has 0 spiro atoms. The molecule has 6 heteroatoms. The molecular formula is C17H26N2O2S2. The van der Waals surface area contributed by atoms with Crippen LogP contribution in [0.4, 0.5) is 0 Å². The minimum atomic E-state index is -0.0859. The molecule has 1 aliphatic rings. The van der Waals surface area contributed by atoms with Gasteiger partial charge in [0.2, 0.25) is 0 Å². The fraction of sp³-hybridized carbons (Fsp3) is 0.588. The van der Waals surface area contributed by atoms with Crippen LogP contribution in [-0.2, 0) is 4.79 Å². The van der Waals surface area contributed by atoms with Crippen LogP contribution in [-0.4, -0.2) is 43.2 Å². The number of ether oxygens (including phenoxy) is 1. The smallest absolute Gasteiger partial charge is 0.257 e. The van der Waals surface area contributed by atoms with Crippen LogP contribution in [0.15, 0.2) is 24.3 Å². The third-order valence-corrected chi connectivity index (χ3v) is 6.52. The highest BCUT2D eigenvalue weighted by Crippen LogP contribution is 2.43. The molecule has 1 aliphatic heterocycles. The van der Waals surface area contributed by atoms with Gasteiger partial charge in [0, 0.05) is 12.6 Å². The first kappa shape index (κ1) is 18.5. The van der Waals surface area contributed by atoms with Crippen molar-refractivity contribution in [2.45, 2.75) is 30.9 Å². The summed E-state index contributed by atoms with van der Waals surface area (Å²) in [6, 6.07) is 8.40. The number of amides is 1. The minimum Gasteiger partial charge on any atom is -0.484 e. The van der Waals surface area contributed by atoms with Crippen molar-refractivity contribution in [1.82, 2.24) is 10.6 Å². The second-order valence-corrected chi connectivity index (χ2v) is 8.27. The maximum atomic E-state index is 11.8. The molecule has 4 nitrogen and oxygen atoms in total. The maximum Gasteiger partial charge on any atom is 0.257 e. The third kappa shape index (κ3) is 6.65. The summed E-state index contributed by atoms with van der Waals surface area (Å²) >= 11 is 4.01. The molecule has 1 atom stereocenters. The van der Waals surface area contributed by atoms with Gasteiger partial charge in [0.1, 0.15) is 5.75 Å². The molecule has 1 fully saturated rings. The first-order valence-corrected chi connectivity index (χ1v) is 10.2. The van der Waals surface area contributed by atoms with Crippen LogP contribution in [0.5, 0.6) is 5.75 Å². The van der Waals surface area contributed by atoms with E-state index in [0.29, 0.717) is 11.1 Å². The predicted molar refractivity (Wildman–Crippen MR) is 100 cm³/mol. The van der Waals surface area contributed by atoms with Crippen molar-refractivity contribution < 1.29 is 9.53 Å². The van der Waals surface area contributed by atoms with Crippen LogP contribution in [0.1, 0.15) is 30.4 Å². The molecule has 0 saturated carbocycles. The van der Waals surface area contributed by atoms with Gasteiger partial charge in [-0.2, -0.15) is 0 Å². The Labute approximate surface area is 147 Å². The molecule has 1 aromatic rings. The van der Waals surface area contributed by atoms with E-state index < -0.39 is 0 Å². The van der Waals surface area contributed by atoms with Crippen LogP contribution in [0.25, 0.3) is 0 Å². The van der Waals surface area contributed by atoms with E-state index in [2.05, 4.69) is 29.7 Å². The Morgan fingerprint density at radius 3 is 2.65 bits per heavy atom. The lowest BCUT2D eigenvalue weighted by molar-refractivity contribution is -0.123. The van der Waals surface area contributed by atoms with Crippen molar-refractivity contribution in [1.29, 1.82) is 0 Å². The Bertz CT molecular complexity index is 476. The Balaban J connectivity index is 1.72. The number of nitrogens with one attached hydrogen (secondary N) is 2. The Hall–Kier alpha value is -0.850. The molecule has 128 valence electrons. The highest BCUT2D eigenvalue weighted by molar-refractivity contribution is 8.16. The lowest BCUT2D eigenvalue weighted by atomic mass is 10.2. The topological polar surface area (TPSA) is 50.4 Å². The summed E-state index contributed by atoms with van der Waals surface area (Å²) in [4.78, 5) is 11.8. The monoisotopic (exact) mass is 354 g/mol. The Morgan fingerprint density at radius 2 is 2.00 bits per heavy atom. The molecule has 0 unspecified atom stereocenters. The first-order valence-electron chi connectivity index (χ1n) is 8.15. The van der Waals surface area contributed by atoms with Gasteiger partial charge in [-0.05, 0) is 49.1 Å². The molecule has 0 bridgehead atoms. The average Bonchev–Trinajstić information content (AvgIpc) is 2.59. The van der Waals surface area contributed by atoms with Crippen molar-refractivity contribution >= 4 is 29.4 Å². The highest BCUT2D eigenvalue weighted by atomic mass is 32.2. The maximum absolute atomic E-state index is 11.8. The molecule has 0 aromatic heterocycles. The summed E-state index contributed by atoms with van der Waals surface area (Å²) in [5.74, 6) is 3.13. The molecule has 0 radical (unpaired) electrons. The third-order valence-electron chi connectivity index (χ3n) is 3.51. The molecule has 2 rings (SSSR count). The minimum absolute atomic E-state index is 0.0606. The average molecular weight is 355 g/mol. The number of hydrogen-bond donors (Lipinski definition) is 2. The summed E-state index contributed by atoms with van der Waals surface area (Å²) in [5.41, 5.74) is 1.33. The molecule has 2 N–H and O–H groups in total. The Kier molecular flexibility index (Phi) is 8.12. The summed E-state index contributed by atoms with van der Waals surface area (Å²) < 4.78 is 6.09. The molecule has 0 aliphatic carbocycles. The van der Waals surface area contributed by atoms with Crippen LogP contribution in [0.2, 0.25) is 0 Å². The van der Waals surface area contributed by atoms with Gasteiger partial charge in [-0.25, -0.2) is 0 Å². The van der Waals surface area contributed by atoms with Crippen LogP contribution in [0.3, 0.4) is 0 Å². The van der Waals surface area contributed by atoms with Crippen molar-refractivity contribution in [3.8, 4) is 5.75 Å². The number of carbonyl (C=O) groups excluding carboxylic acids is 1. The van der Waals surface area contributed by atoms with E-state index in [1.807, 2.05) is 42.6 Å². The second-order valence-electron chi connectivity index (χ2n) is 5.55. The number of thioether (sulfide) groups is 2. The zero-order valence-electron chi connectivity index (χ0n) is 13.8. The van der Waals surface area contributed by atoms with Crippen molar-refractivity contribution in [3.63, 3.8) is 0 Å². The van der Waals surface area contributed by atoms with Crippen LogP contribution >= 0.6 is 23.5 Å². The van der Waals surface area contributed by atoms with E-state index in [4.69, 9.17) is 4.74 Å². The van der Waals surface area contributed by atoms with Crippen molar-refractivity contribution in [3.05, 3.63) is 29.8 Å². The number of hydrogen-bond acceptors (Lipinski definition) is 5. The van der Waals surface area contributed by atoms with E-state index >= 15 is 0 Å². The fourth-order valence-electron chi connectivity index (χ4n) is 2.29. The standard InChI is InChI=1S/C17H26N2O2S2/c1-3-18-13(2)11-19-16(20)12-21-15-7-5-14(6-8-15)17-22-9-4-10-23-17/h5-8,13,17-18H,3-4,9-12H2,1-2H3,(H,19,20)/t13-/m1/s1. The van der Waals surface area contributed by atoms with Gasteiger partial charge in [-0.3, -0.25) is 4.79 Å². The van der Waals surface area contributed by atoms with Gasteiger partial charge in [0.25, 0.3) is 5.91 Å². The SMILES string of the molecule is CCN[C@H](C)CNC(=O)COc1ccc(C2SCCCS2)cc1. The van der Waals surface area contributed by atoms with Gasteiger partial charge in [-0.1, -0.05) is 19.1 Å². The molecule has 23 heavy (non-hydrogen) atoms. The van der Waals surface area contributed by atoms with Crippen LogP contribution in [0, 0.1) is 0 Å². The van der Waals surface area contributed by atoms with Gasteiger partial charge >= 0.3 is 0 Å². The van der Waals surface area contributed by atoms with Gasteiger partial charge < -0.3 is 15.4 Å². The van der Waals surface area contributed by atoms with E-state index in [9.17, 15) is 4.79 Å². The second kappa shape index (κ2) is 10.1. The van der Waals surface area contributed by atoms with E-state index in [1.165, 1.54) is 23.5 Å². The lowest BCUT2D eigenvalue weighted by Crippen LogP contribution is -2.40. The molecule has 1 aromatic carbocycles. The fourth-order valence-corrected chi connectivity index (χ4v) is 5.18. The van der Waals surface area contributed by atoms with Gasteiger partial charge in [0.05, 0.1) is 4.58 Å².